The molecule has 1 heterocycles. The SMILES string of the molecule is CCOC(C)c1c(C#N)c(Cl)cc2c1[nH]c(C)[n+]2CCCCS(=O)(=O)O. The van der Waals surface area contributed by atoms with Crippen LogP contribution in [0.15, 0.2) is 6.07 Å². The molecule has 9 heteroatoms. The molecule has 142 valence electrons. The summed E-state index contributed by atoms with van der Waals surface area (Å²) in [7, 11) is -3.95. The fraction of sp³-hybridized carbons (Fsp3) is 0.529. The van der Waals surface area contributed by atoms with Crippen molar-refractivity contribution in [3.8, 4) is 6.07 Å². The molecule has 1 atom stereocenters. The molecule has 2 rings (SSSR count). The van der Waals surface area contributed by atoms with E-state index in [-0.39, 0.29) is 11.9 Å². The van der Waals surface area contributed by atoms with Crippen molar-refractivity contribution in [2.24, 2.45) is 0 Å². The van der Waals surface area contributed by atoms with Gasteiger partial charge in [-0.05, 0) is 26.7 Å². The Morgan fingerprint density at radius 3 is 2.73 bits per heavy atom. The van der Waals surface area contributed by atoms with E-state index in [1.54, 1.807) is 6.07 Å². The second kappa shape index (κ2) is 8.35. The number of aromatic amines is 1. The lowest BCUT2D eigenvalue weighted by molar-refractivity contribution is -0.677. The Hall–Kier alpha value is -1.66. The number of benzene rings is 1. The predicted octanol–water partition coefficient (Wildman–Crippen LogP) is 3.05. The molecule has 1 unspecified atom stereocenters. The van der Waals surface area contributed by atoms with Crippen LogP contribution in [-0.4, -0.2) is 30.3 Å². The molecule has 0 aliphatic rings. The summed E-state index contributed by atoms with van der Waals surface area (Å²) in [6.07, 6.45) is 0.623. The minimum absolute atomic E-state index is 0.263. The van der Waals surface area contributed by atoms with Crippen molar-refractivity contribution in [3.05, 3.63) is 28.0 Å². The number of aromatic nitrogens is 2. The first-order chi connectivity index (χ1) is 12.2. The third-order valence-corrected chi connectivity index (χ3v) is 5.37. The third kappa shape index (κ3) is 4.54. The number of hydrogen-bond donors (Lipinski definition) is 2. The molecule has 7 nitrogen and oxygen atoms in total. The molecule has 0 radical (unpaired) electrons. The Morgan fingerprint density at radius 1 is 1.46 bits per heavy atom. The van der Waals surface area contributed by atoms with Gasteiger partial charge < -0.3 is 4.74 Å². The van der Waals surface area contributed by atoms with E-state index in [1.165, 1.54) is 0 Å². The van der Waals surface area contributed by atoms with Crippen LogP contribution in [0.5, 0.6) is 0 Å². The second-order valence-corrected chi connectivity index (χ2v) is 8.09. The maximum absolute atomic E-state index is 10.8. The number of ether oxygens (including phenoxy) is 1. The van der Waals surface area contributed by atoms with Gasteiger partial charge in [-0.1, -0.05) is 11.6 Å². The van der Waals surface area contributed by atoms with Crippen molar-refractivity contribution >= 4 is 32.8 Å². The summed E-state index contributed by atoms with van der Waals surface area (Å²) in [6, 6.07) is 3.90. The maximum Gasteiger partial charge on any atom is 0.264 e. The Morgan fingerprint density at radius 2 is 2.15 bits per heavy atom. The van der Waals surface area contributed by atoms with Crippen LogP contribution in [0.2, 0.25) is 5.02 Å². The van der Waals surface area contributed by atoms with E-state index in [1.807, 2.05) is 25.3 Å². The lowest BCUT2D eigenvalue weighted by Crippen LogP contribution is -2.35. The first-order valence-corrected chi connectivity index (χ1v) is 10.4. The molecule has 0 aliphatic carbocycles. The van der Waals surface area contributed by atoms with Gasteiger partial charge in [0.05, 0.1) is 34.6 Å². The van der Waals surface area contributed by atoms with Crippen LogP contribution >= 0.6 is 11.6 Å². The van der Waals surface area contributed by atoms with Gasteiger partial charge in [-0.15, -0.1) is 0 Å². The van der Waals surface area contributed by atoms with Crippen molar-refractivity contribution < 1.29 is 22.3 Å². The summed E-state index contributed by atoms with van der Waals surface area (Å²) in [4.78, 5) is 3.30. The number of hydrogen-bond acceptors (Lipinski definition) is 4. The van der Waals surface area contributed by atoms with E-state index in [2.05, 4.69) is 11.1 Å². The number of nitrogens with one attached hydrogen (secondary N) is 1. The van der Waals surface area contributed by atoms with Crippen LogP contribution in [-0.2, 0) is 21.4 Å². The highest BCUT2D eigenvalue weighted by molar-refractivity contribution is 7.85. The van der Waals surface area contributed by atoms with Gasteiger partial charge in [0.1, 0.15) is 6.07 Å². The molecule has 0 amide bonds. The molecule has 26 heavy (non-hydrogen) atoms. The van der Waals surface area contributed by atoms with Gasteiger partial charge >= 0.3 is 0 Å². The summed E-state index contributed by atoms with van der Waals surface area (Å²) in [5, 5.41) is 9.86. The van der Waals surface area contributed by atoms with Crippen LogP contribution in [0, 0.1) is 18.3 Å². The molecular formula is C17H23ClN3O4S+. The zero-order chi connectivity index (χ0) is 19.5. The number of unbranched alkanes of at least 4 members (excludes halogenated alkanes) is 1. The first-order valence-electron chi connectivity index (χ1n) is 8.41. The van der Waals surface area contributed by atoms with E-state index >= 15 is 0 Å². The number of aryl methyl sites for hydroxylation is 2. The van der Waals surface area contributed by atoms with Crippen molar-refractivity contribution in [3.63, 3.8) is 0 Å². The highest BCUT2D eigenvalue weighted by atomic mass is 35.5. The number of halogens is 1. The van der Waals surface area contributed by atoms with Crippen LogP contribution in [0.3, 0.4) is 0 Å². The van der Waals surface area contributed by atoms with E-state index < -0.39 is 10.1 Å². The molecule has 1 aromatic heterocycles. The van der Waals surface area contributed by atoms with E-state index in [0.717, 1.165) is 22.4 Å². The number of fused-ring (bicyclic) bond motifs is 1. The quantitative estimate of drug-likeness (QED) is 0.402. The number of rotatable bonds is 8. The van der Waals surface area contributed by atoms with Crippen LogP contribution in [0.25, 0.3) is 11.0 Å². The van der Waals surface area contributed by atoms with Gasteiger partial charge in [0.2, 0.25) is 0 Å². The molecule has 0 fully saturated rings. The second-order valence-electron chi connectivity index (χ2n) is 6.11. The molecule has 0 aliphatic heterocycles. The molecule has 0 spiro atoms. The number of nitrogens with zero attached hydrogens (tertiary/aromatic N) is 2. The summed E-state index contributed by atoms with van der Waals surface area (Å²) in [6.45, 7) is 6.74. The van der Waals surface area contributed by atoms with E-state index in [0.29, 0.717) is 36.6 Å². The topological polar surface area (TPSA) is 107 Å². The smallest absolute Gasteiger partial charge is 0.264 e. The van der Waals surface area contributed by atoms with Crippen molar-refractivity contribution in [2.75, 3.05) is 12.4 Å². The minimum atomic E-state index is -3.95. The summed E-state index contributed by atoms with van der Waals surface area (Å²) >= 11 is 6.34. The molecule has 0 saturated carbocycles. The summed E-state index contributed by atoms with van der Waals surface area (Å²) in [5.41, 5.74) is 2.73. The molecule has 2 N–H and O–H groups in total. The largest absolute Gasteiger partial charge is 0.374 e. The monoisotopic (exact) mass is 400 g/mol. The predicted molar refractivity (Wildman–Crippen MR) is 98.6 cm³/mol. The normalized spacial score (nSPS) is 13.1. The van der Waals surface area contributed by atoms with Crippen LogP contribution in [0.4, 0.5) is 0 Å². The van der Waals surface area contributed by atoms with Crippen molar-refractivity contribution in [1.29, 1.82) is 5.26 Å². The molecular weight excluding hydrogens is 378 g/mol. The highest BCUT2D eigenvalue weighted by Crippen LogP contribution is 2.33. The molecule has 0 saturated heterocycles. The zero-order valence-corrected chi connectivity index (χ0v) is 16.6. The standard InChI is InChI=1S/C17H22ClN3O4S/c1-4-25-11(2)16-13(10-19)14(18)9-15-17(16)20-12(3)21(15)7-5-6-8-26(22,23)24/h9,11H,4-8H2,1-3H3,(H,22,23,24)/p+1. The first kappa shape index (κ1) is 20.6. The fourth-order valence-electron chi connectivity index (χ4n) is 3.13. The Labute approximate surface area is 158 Å². The Kier molecular flexibility index (Phi) is 6.64. The summed E-state index contributed by atoms with van der Waals surface area (Å²) < 4.78 is 38.2. The van der Waals surface area contributed by atoms with Gasteiger partial charge in [0.15, 0.2) is 11.0 Å². The third-order valence-electron chi connectivity index (χ3n) is 4.27. The lowest BCUT2D eigenvalue weighted by Gasteiger charge is -2.14. The zero-order valence-electron chi connectivity index (χ0n) is 15.0. The fourth-order valence-corrected chi connectivity index (χ4v) is 3.94. The van der Waals surface area contributed by atoms with Gasteiger partial charge in [-0.3, -0.25) is 4.55 Å². The number of H-pyrrole nitrogens is 1. The number of imidazole rings is 1. The van der Waals surface area contributed by atoms with Gasteiger partial charge in [-0.25, -0.2) is 9.55 Å². The summed E-state index contributed by atoms with van der Waals surface area (Å²) in [5.74, 6) is 0.601. The molecule has 0 bridgehead atoms. The van der Waals surface area contributed by atoms with Gasteiger partial charge in [-0.2, -0.15) is 13.7 Å². The van der Waals surface area contributed by atoms with E-state index in [4.69, 9.17) is 20.9 Å². The van der Waals surface area contributed by atoms with Gasteiger partial charge in [0, 0.05) is 19.6 Å². The Balaban J connectivity index is 2.45. The van der Waals surface area contributed by atoms with E-state index in [9.17, 15) is 13.7 Å². The van der Waals surface area contributed by atoms with Crippen molar-refractivity contribution in [2.45, 2.75) is 46.3 Å². The van der Waals surface area contributed by atoms with Gasteiger partial charge in [0.25, 0.3) is 15.9 Å². The molecule has 2 aromatic rings. The Bertz CT molecular complexity index is 947. The average molecular weight is 401 g/mol. The highest BCUT2D eigenvalue weighted by Gasteiger charge is 2.26. The number of nitriles is 1. The molecule has 1 aromatic carbocycles. The minimum Gasteiger partial charge on any atom is -0.374 e. The maximum atomic E-state index is 10.8. The van der Waals surface area contributed by atoms with Crippen LogP contribution in [0.1, 0.15) is 49.7 Å². The van der Waals surface area contributed by atoms with Crippen LogP contribution < -0.4 is 4.57 Å². The average Bonchev–Trinajstić information content (AvgIpc) is 2.84. The lowest BCUT2D eigenvalue weighted by atomic mass is 10.0. The van der Waals surface area contributed by atoms with Crippen molar-refractivity contribution in [1.82, 2.24) is 4.98 Å².